The van der Waals surface area contributed by atoms with E-state index in [1.165, 1.54) is 138 Å². The van der Waals surface area contributed by atoms with Gasteiger partial charge in [-0.15, -0.1) is 0 Å². The molecule has 0 amide bonds. The molecule has 4 aromatic carbocycles. The highest BCUT2D eigenvalue weighted by Crippen LogP contribution is 2.64. The minimum Gasteiger partial charge on any atom is -0.389 e. The maximum absolute atomic E-state index is 10.4. The molecule has 18 aliphatic rings. The molecule has 18 fully saturated rings. The van der Waals surface area contributed by atoms with Gasteiger partial charge in [0.25, 0.3) is 0 Å². The van der Waals surface area contributed by atoms with Crippen molar-refractivity contribution in [2.75, 3.05) is 112 Å². The van der Waals surface area contributed by atoms with Gasteiger partial charge in [0.1, 0.15) is 18.0 Å². The van der Waals surface area contributed by atoms with E-state index >= 15 is 0 Å². The first-order valence-electron chi connectivity index (χ1n) is 48.8. The monoisotopic (exact) mass is 1910 g/mol. The molecule has 130 heavy (non-hydrogen) atoms. The highest BCUT2D eigenvalue weighted by atomic mass is 79.9. The summed E-state index contributed by atoms with van der Waals surface area (Å²) in [6.07, 6.45) is 47.2. The van der Waals surface area contributed by atoms with Crippen LogP contribution in [0.5, 0.6) is 0 Å². The van der Waals surface area contributed by atoms with Gasteiger partial charge < -0.3 is 34.7 Å². The molecular formula is C100H130BrCl4N19O6. The van der Waals surface area contributed by atoms with Crippen molar-refractivity contribution in [1.82, 2.24) is 94.6 Å². The molecule has 5 N–H and O–H groups in total. The van der Waals surface area contributed by atoms with Crippen LogP contribution in [0.1, 0.15) is 215 Å². The second-order valence-corrected chi connectivity index (χ2v) is 43.7. The highest BCUT2D eigenvalue weighted by molar-refractivity contribution is 9.10. The van der Waals surface area contributed by atoms with Crippen molar-refractivity contribution in [3.8, 4) is 11.4 Å². The summed E-state index contributed by atoms with van der Waals surface area (Å²) in [4.78, 5) is 18.1. The third-order valence-electron chi connectivity index (χ3n) is 32.9. The lowest BCUT2D eigenvalue weighted by Crippen LogP contribution is -2.59. The average molecular weight is 1920 g/mol. The number of likely N-dealkylation sites (tertiary alicyclic amines) is 3. The molecule has 10 saturated carbocycles. The number of ketones is 1. The molecule has 696 valence electrons. The largest absolute Gasteiger partial charge is 0.389 e. The summed E-state index contributed by atoms with van der Waals surface area (Å²) in [7, 11) is 2.10. The van der Waals surface area contributed by atoms with Crippen LogP contribution in [0.25, 0.3) is 55.0 Å². The molecule has 8 aliphatic heterocycles. The number of piperidine rings is 4. The Balaban J connectivity index is 0.000000100. The van der Waals surface area contributed by atoms with E-state index in [0.717, 1.165) is 214 Å². The molecule has 4 unspecified atom stereocenters. The van der Waals surface area contributed by atoms with Crippen molar-refractivity contribution in [2.24, 2.45) is 41.4 Å². The molecule has 7 aromatic heterocycles. The first-order chi connectivity index (χ1) is 63.2. The van der Waals surface area contributed by atoms with E-state index in [1.54, 1.807) is 0 Å². The molecule has 0 spiro atoms. The lowest BCUT2D eigenvalue weighted by Gasteiger charge is -2.61. The van der Waals surface area contributed by atoms with Crippen molar-refractivity contribution >= 4 is 112 Å². The number of H-pyrrole nitrogens is 2. The average Bonchev–Trinajstić information content (AvgIpc) is 1.36. The Morgan fingerprint density at radius 2 is 0.869 bits per heavy atom. The van der Waals surface area contributed by atoms with E-state index in [0.29, 0.717) is 85.1 Å². The second-order valence-electron chi connectivity index (χ2n) is 41.2. The van der Waals surface area contributed by atoms with Gasteiger partial charge in [-0.2, -0.15) is 35.7 Å². The number of carbonyl (C=O) groups is 1. The van der Waals surface area contributed by atoms with Gasteiger partial charge in [0.15, 0.2) is 5.78 Å². The molecule has 29 rings (SSSR count). The number of benzene rings is 4. The van der Waals surface area contributed by atoms with Crippen LogP contribution in [0.3, 0.4) is 0 Å². The molecule has 25 nitrogen and oxygen atoms in total. The molecule has 11 aromatic rings. The number of aromatic amines is 2. The van der Waals surface area contributed by atoms with Gasteiger partial charge in [-0.1, -0.05) is 93.4 Å². The molecule has 10 aliphatic carbocycles. The number of nitrogens with zero attached hydrogens (tertiary/aromatic N) is 15. The lowest BCUT2D eigenvalue weighted by atomic mass is 9.50. The summed E-state index contributed by atoms with van der Waals surface area (Å²) in [5, 5.41) is 62.0. The highest BCUT2D eigenvalue weighted by Gasteiger charge is 2.60. The number of ether oxygens (including phenoxy) is 4. The quantitative estimate of drug-likeness (QED) is 0.0678. The number of carbonyl (C=O) groups excluding carboxylic acids is 1. The number of aliphatic hydroxyl groups excluding tert-OH is 1. The predicted octanol–water partition coefficient (Wildman–Crippen LogP) is 18.6. The van der Waals surface area contributed by atoms with Crippen LogP contribution in [0, 0.1) is 41.4 Å². The third kappa shape index (κ3) is 18.7. The first-order valence-corrected chi connectivity index (χ1v) is 51.1. The van der Waals surface area contributed by atoms with E-state index in [1.807, 2.05) is 71.8 Å². The summed E-state index contributed by atoms with van der Waals surface area (Å²) < 4.78 is 33.2. The number of aliphatic hydroxyl groups is 1. The topological polar surface area (TPSA) is 254 Å². The van der Waals surface area contributed by atoms with Gasteiger partial charge in [0.2, 0.25) is 0 Å². The zero-order valence-electron chi connectivity index (χ0n) is 76.1. The number of nitrogens with one attached hydrogen (secondary N) is 4. The fourth-order valence-corrected chi connectivity index (χ4v) is 25.9. The fraction of sp³-hybridized carbons (Fsp3) is 0.620. The number of rotatable bonds is 14. The van der Waals surface area contributed by atoms with Crippen LogP contribution >= 0.6 is 62.3 Å². The summed E-state index contributed by atoms with van der Waals surface area (Å²) in [6.45, 7) is 23.0. The Morgan fingerprint density at radius 1 is 0.462 bits per heavy atom. The number of hydrogen-bond acceptors (Lipinski definition) is 18. The number of Topliss-reactive ketones (excluding diaryl/α,β-unsaturated/α-hetero) is 1. The van der Waals surface area contributed by atoms with E-state index < -0.39 is 0 Å². The first kappa shape index (κ1) is 91.1. The normalized spacial score (nSPS) is 30.8. The summed E-state index contributed by atoms with van der Waals surface area (Å²) in [5.41, 5.74) is 12.5. The van der Waals surface area contributed by atoms with Gasteiger partial charge in [-0.25, -0.2) is 9.36 Å². The number of hydrogen-bond donors (Lipinski definition) is 5. The molecule has 30 heteroatoms. The van der Waals surface area contributed by atoms with Crippen LogP contribution in [0.15, 0.2) is 115 Å². The fourth-order valence-electron chi connectivity index (χ4n) is 24.3. The van der Waals surface area contributed by atoms with Crippen molar-refractivity contribution < 1.29 is 28.8 Å². The number of halogens is 5. The van der Waals surface area contributed by atoms with Gasteiger partial charge in [0, 0.05) is 71.9 Å². The number of aromatic nitrogens is 14. The minimum absolute atomic E-state index is 0.132. The smallest absolute Gasteiger partial charge is 0.163 e. The van der Waals surface area contributed by atoms with Crippen LogP contribution in [0.2, 0.25) is 20.1 Å². The Kier molecular flexibility index (Phi) is 27.5. The van der Waals surface area contributed by atoms with Crippen molar-refractivity contribution in [3.63, 3.8) is 0 Å². The van der Waals surface area contributed by atoms with Crippen LogP contribution in [0.4, 0.5) is 0 Å². The van der Waals surface area contributed by atoms with Crippen LogP contribution in [-0.4, -0.2) is 237 Å². The Bertz CT molecular complexity index is 5490. The van der Waals surface area contributed by atoms with Crippen molar-refractivity contribution in [3.05, 3.63) is 157 Å². The van der Waals surface area contributed by atoms with Gasteiger partial charge in [-0.05, 0) is 327 Å². The maximum atomic E-state index is 10.4. The van der Waals surface area contributed by atoms with Crippen molar-refractivity contribution in [2.45, 2.75) is 240 Å². The Hall–Kier alpha value is -6.70. The second kappa shape index (κ2) is 39.2. The minimum atomic E-state index is -0.368. The van der Waals surface area contributed by atoms with Crippen molar-refractivity contribution in [1.29, 1.82) is 0 Å². The van der Waals surface area contributed by atoms with Crippen LogP contribution < -0.4 is 10.6 Å². The zero-order valence-corrected chi connectivity index (χ0v) is 80.7. The standard InChI is InChI=1S/C25H30ClN5O.C24H28ClN5O2.C17H22ClN3O.C12H14ClN3.C9H19N.C8H9BrN2.C5H8O2/c1-16-14-32-15-24(16)29-4-2-18(3-5-29)21-7-23-19(6-22(21)26)11-28-31(23)20-12-27-30(13-20)25-8-17(9-25)10-25;25-20-5-17-10-27-30(18-11-26-29(12-18)24-7-15(8-24)9-24)21(17)6-19(20)16-1-3-28(4-2-16)22-13-32-14-23(22)31;1-11-9-22-10-17(11)21-4-2-12(3-5-21)14-7-16-13(6-15(14)18)8-19-20-16;13-11-5-9-7-15-16-12(9)6-10(11)8-1-3-14-4-2-8;1-3-8-6-4-5-7-9(8)10-2;9-7-4-10-11(5-7)8-1-6(2-8)3-8;1-4-2-7-3-5(4)6/h6-7,11-13,16-18,24H,2-5,8-10,14-15H2,1H3;5-6,10-12,15-16,22-23,31H,1-4,7-9,13-14H2;6-8,11-12,17H,2-5,9-10H2,1H3,(H,19,20);5-8,14H,1-4H2,(H,15,16);8-10H,3-7H2,1-2H3;4-6H,1-3H2;4H,2-3H2,1H3/t16-,17?,24?,25?;15?,22?,23-,24?;11-,17?;;8-,9-;;/m000.1../s1. The molecule has 15 heterocycles. The van der Waals surface area contributed by atoms with Crippen LogP contribution in [-0.2, 0) is 40.4 Å². The number of fused-ring (bicyclic) bond motifs is 4. The lowest BCUT2D eigenvalue weighted by molar-refractivity contribution is -0.120. The molecule has 6 bridgehead atoms. The van der Waals surface area contributed by atoms with E-state index in [9.17, 15) is 9.90 Å². The van der Waals surface area contributed by atoms with Gasteiger partial charge in [0.05, 0.1) is 157 Å². The predicted molar refractivity (Wildman–Crippen MR) is 516 cm³/mol. The molecular weight excluding hydrogens is 1780 g/mol. The molecule has 9 atom stereocenters. The zero-order chi connectivity index (χ0) is 89.1. The third-order valence-corrected chi connectivity index (χ3v) is 34.6. The van der Waals surface area contributed by atoms with E-state index in [2.05, 4.69) is 174 Å². The molecule has 0 radical (unpaired) electrons. The molecule has 8 saturated heterocycles. The summed E-state index contributed by atoms with van der Waals surface area (Å²) in [6, 6.07) is 19.2. The Labute approximate surface area is 791 Å². The van der Waals surface area contributed by atoms with Gasteiger partial charge in [-0.3, -0.25) is 43.7 Å². The summed E-state index contributed by atoms with van der Waals surface area (Å²) in [5.74, 6) is 7.56. The maximum Gasteiger partial charge on any atom is 0.163 e. The van der Waals surface area contributed by atoms with E-state index in [-0.39, 0.29) is 29.4 Å². The SMILES string of the molecule is Brc1cnn(C23CC(C2)C3)c1.CC1COCC1=O.CC[C@@H]1CCCC[C@H]1NC.C[C@H]1COCC1N1CCC(c2cc3[nH]ncc3cc2Cl)CC1.C[C@H]1COCC1N1CCC(c2cc3c(cnn3-c3cnn(C45CC(C4)C5)c3)cc2Cl)CC1.Clc1cc2cn[nH]c2cc1C1CCNCC1.O[C@H]1COCC1N1CCC(c2cc3c(cnn3-c3cnn(C45CC(C4)C5)c3)cc2Cl)CC1. The summed E-state index contributed by atoms with van der Waals surface area (Å²) >= 11 is 29.8. The van der Waals surface area contributed by atoms with Gasteiger partial charge >= 0.3 is 0 Å². The Morgan fingerprint density at radius 3 is 1.23 bits per heavy atom. The van der Waals surface area contributed by atoms with E-state index in [4.69, 9.17) is 75.5 Å².